The van der Waals surface area contributed by atoms with E-state index in [9.17, 15) is 14.7 Å². The summed E-state index contributed by atoms with van der Waals surface area (Å²) in [6, 6.07) is 16.5. The fourth-order valence-electron chi connectivity index (χ4n) is 2.98. The summed E-state index contributed by atoms with van der Waals surface area (Å²) in [4.78, 5) is 29.7. The fourth-order valence-corrected chi connectivity index (χ4v) is 3.95. The van der Waals surface area contributed by atoms with E-state index in [0.717, 1.165) is 15.8 Å². The number of thiazole rings is 1. The number of hydrogen-bond acceptors (Lipinski definition) is 5. The SMILES string of the molecule is Cl.NC(CCCCN(Cc1ccccc1)C(=O)O)C(=O)c1nc2ccccc2s1. The summed E-state index contributed by atoms with van der Waals surface area (Å²) in [5.74, 6) is -0.152. The van der Waals surface area contributed by atoms with Gasteiger partial charge >= 0.3 is 6.09 Å². The van der Waals surface area contributed by atoms with Gasteiger partial charge in [-0.3, -0.25) is 4.79 Å². The summed E-state index contributed by atoms with van der Waals surface area (Å²) in [5, 5.41) is 9.82. The Balaban J connectivity index is 0.00000300. The van der Waals surface area contributed by atoms with Gasteiger partial charge in [0, 0.05) is 13.1 Å². The normalized spacial score (nSPS) is 11.6. The minimum atomic E-state index is -0.946. The summed E-state index contributed by atoms with van der Waals surface area (Å²) >= 11 is 1.36. The Kier molecular flexibility index (Phi) is 8.57. The standard InChI is InChI=1S/C21H23N3O3S.ClH/c22-16(19(25)20-23-17-11-4-5-12-18(17)28-20)10-6-7-13-24(21(26)27)14-15-8-2-1-3-9-15;/h1-5,8-9,11-12,16H,6-7,10,13-14,22H2,(H,26,27);1H. The van der Waals surface area contributed by atoms with Gasteiger partial charge in [-0.25, -0.2) is 9.78 Å². The van der Waals surface area contributed by atoms with E-state index in [1.165, 1.54) is 16.2 Å². The zero-order valence-corrected chi connectivity index (χ0v) is 17.5. The number of carbonyl (C=O) groups excluding carboxylic acids is 1. The molecule has 0 aliphatic rings. The summed E-state index contributed by atoms with van der Waals surface area (Å²) in [6.07, 6.45) is 0.892. The van der Waals surface area contributed by atoms with Gasteiger partial charge in [-0.2, -0.15) is 0 Å². The number of Topliss-reactive ketones (excluding diaryl/α,β-unsaturated/α-hetero) is 1. The third-order valence-corrected chi connectivity index (χ3v) is 5.57. The quantitative estimate of drug-likeness (QED) is 0.380. The number of carbonyl (C=O) groups is 2. The molecule has 154 valence electrons. The molecular weight excluding hydrogens is 410 g/mol. The van der Waals surface area contributed by atoms with Crippen molar-refractivity contribution in [1.82, 2.24) is 9.88 Å². The van der Waals surface area contributed by atoms with Gasteiger partial charge in [-0.15, -0.1) is 23.7 Å². The van der Waals surface area contributed by atoms with Gasteiger partial charge in [0.2, 0.25) is 5.78 Å². The van der Waals surface area contributed by atoms with E-state index in [-0.39, 0.29) is 18.2 Å². The number of aromatic nitrogens is 1. The summed E-state index contributed by atoms with van der Waals surface area (Å²) in [6.45, 7) is 0.763. The van der Waals surface area contributed by atoms with E-state index < -0.39 is 12.1 Å². The maximum atomic E-state index is 12.5. The van der Waals surface area contributed by atoms with Gasteiger partial charge in [0.05, 0.1) is 16.3 Å². The van der Waals surface area contributed by atoms with Crippen molar-refractivity contribution in [3.63, 3.8) is 0 Å². The number of rotatable bonds is 9. The lowest BCUT2D eigenvalue weighted by Gasteiger charge is -2.19. The number of unbranched alkanes of at least 4 members (excludes halogenated alkanes) is 1. The highest BCUT2D eigenvalue weighted by molar-refractivity contribution is 7.20. The predicted octanol–water partition coefficient (Wildman–Crippen LogP) is 4.58. The first-order valence-electron chi connectivity index (χ1n) is 9.22. The lowest BCUT2D eigenvalue weighted by Crippen LogP contribution is -2.32. The molecular formula is C21H24ClN3O3S. The van der Waals surface area contributed by atoms with Crippen LogP contribution in [0.1, 0.15) is 34.6 Å². The van der Waals surface area contributed by atoms with Gasteiger partial charge in [0.15, 0.2) is 5.01 Å². The molecule has 0 saturated heterocycles. The molecule has 0 fully saturated rings. The summed E-state index contributed by atoms with van der Waals surface area (Å²) < 4.78 is 0.969. The Morgan fingerprint density at radius 3 is 2.45 bits per heavy atom. The average molecular weight is 434 g/mol. The molecule has 2 aromatic carbocycles. The number of para-hydroxylation sites is 1. The van der Waals surface area contributed by atoms with Crippen molar-refractivity contribution in [3.8, 4) is 0 Å². The van der Waals surface area contributed by atoms with E-state index >= 15 is 0 Å². The maximum absolute atomic E-state index is 12.5. The molecule has 3 aromatic rings. The number of benzene rings is 2. The summed E-state index contributed by atoms with van der Waals surface area (Å²) in [7, 11) is 0. The smallest absolute Gasteiger partial charge is 0.407 e. The minimum Gasteiger partial charge on any atom is -0.465 e. The van der Waals surface area contributed by atoms with E-state index in [0.29, 0.717) is 37.4 Å². The first kappa shape index (κ1) is 22.8. The van der Waals surface area contributed by atoms with Crippen LogP contribution >= 0.6 is 23.7 Å². The molecule has 0 spiro atoms. The van der Waals surface area contributed by atoms with Crippen LogP contribution in [0.3, 0.4) is 0 Å². The van der Waals surface area contributed by atoms with Crippen LogP contribution in [0.5, 0.6) is 0 Å². The van der Waals surface area contributed by atoms with E-state index in [2.05, 4.69) is 4.98 Å². The molecule has 0 aliphatic heterocycles. The molecule has 29 heavy (non-hydrogen) atoms. The minimum absolute atomic E-state index is 0. The number of carboxylic acid groups (broad SMARTS) is 1. The molecule has 3 rings (SSSR count). The number of nitrogens with two attached hydrogens (primary N) is 1. The third-order valence-electron chi connectivity index (χ3n) is 4.52. The first-order valence-corrected chi connectivity index (χ1v) is 10.0. The Labute approximate surface area is 179 Å². The number of fused-ring (bicyclic) bond motifs is 1. The first-order chi connectivity index (χ1) is 13.5. The van der Waals surface area contributed by atoms with Crippen molar-refractivity contribution in [2.75, 3.05) is 6.54 Å². The molecule has 1 unspecified atom stereocenters. The molecule has 1 atom stereocenters. The molecule has 0 saturated carbocycles. The highest BCUT2D eigenvalue weighted by atomic mass is 35.5. The van der Waals surface area contributed by atoms with Crippen molar-refractivity contribution in [3.05, 3.63) is 65.2 Å². The van der Waals surface area contributed by atoms with Crippen LogP contribution in [-0.4, -0.2) is 39.5 Å². The Hall–Kier alpha value is -2.48. The summed E-state index contributed by atoms with van der Waals surface area (Å²) in [5.41, 5.74) is 7.82. The topological polar surface area (TPSA) is 96.5 Å². The van der Waals surface area contributed by atoms with Crippen LogP contribution in [0.25, 0.3) is 10.2 Å². The van der Waals surface area contributed by atoms with Crippen molar-refractivity contribution >= 4 is 45.8 Å². The highest BCUT2D eigenvalue weighted by Gasteiger charge is 2.20. The zero-order valence-electron chi connectivity index (χ0n) is 15.9. The molecule has 0 radical (unpaired) electrons. The Morgan fingerprint density at radius 1 is 1.07 bits per heavy atom. The monoisotopic (exact) mass is 433 g/mol. The van der Waals surface area contributed by atoms with Gasteiger partial charge in [-0.1, -0.05) is 42.5 Å². The van der Waals surface area contributed by atoms with Crippen LogP contribution < -0.4 is 5.73 Å². The van der Waals surface area contributed by atoms with Crippen molar-refractivity contribution < 1.29 is 14.7 Å². The largest absolute Gasteiger partial charge is 0.465 e. The highest BCUT2D eigenvalue weighted by Crippen LogP contribution is 2.23. The number of hydrogen-bond donors (Lipinski definition) is 2. The van der Waals surface area contributed by atoms with E-state index in [1.807, 2.05) is 54.6 Å². The fraction of sp³-hybridized carbons (Fsp3) is 0.286. The third kappa shape index (κ3) is 6.25. The van der Waals surface area contributed by atoms with Crippen LogP contribution in [0.4, 0.5) is 4.79 Å². The maximum Gasteiger partial charge on any atom is 0.407 e. The molecule has 6 nitrogen and oxygen atoms in total. The van der Waals surface area contributed by atoms with Crippen LogP contribution in [0.15, 0.2) is 54.6 Å². The van der Waals surface area contributed by atoms with Gasteiger partial charge in [0.25, 0.3) is 0 Å². The van der Waals surface area contributed by atoms with E-state index in [1.54, 1.807) is 0 Å². The molecule has 3 N–H and O–H groups in total. The number of ketones is 1. The molecule has 0 aliphatic carbocycles. The molecule has 0 bridgehead atoms. The van der Waals surface area contributed by atoms with Crippen LogP contribution in [0, 0.1) is 0 Å². The molecule has 8 heteroatoms. The van der Waals surface area contributed by atoms with Gasteiger partial charge in [0.1, 0.15) is 0 Å². The molecule has 1 amide bonds. The Morgan fingerprint density at radius 2 is 1.76 bits per heavy atom. The molecule has 1 heterocycles. The molecule has 1 aromatic heterocycles. The predicted molar refractivity (Wildman–Crippen MR) is 118 cm³/mol. The number of amides is 1. The number of nitrogens with zero attached hydrogens (tertiary/aromatic N) is 2. The number of halogens is 1. The zero-order chi connectivity index (χ0) is 19.9. The van der Waals surface area contributed by atoms with Gasteiger partial charge < -0.3 is 15.7 Å². The second-order valence-electron chi connectivity index (χ2n) is 6.64. The Bertz CT molecular complexity index is 916. The lowest BCUT2D eigenvalue weighted by molar-refractivity contribution is 0.0954. The van der Waals surface area contributed by atoms with E-state index in [4.69, 9.17) is 5.73 Å². The average Bonchev–Trinajstić information content (AvgIpc) is 3.14. The second-order valence-corrected chi connectivity index (χ2v) is 7.67. The van der Waals surface area contributed by atoms with Crippen molar-refractivity contribution in [1.29, 1.82) is 0 Å². The van der Waals surface area contributed by atoms with Crippen molar-refractivity contribution in [2.45, 2.75) is 31.8 Å². The van der Waals surface area contributed by atoms with Gasteiger partial charge in [-0.05, 0) is 37.0 Å². The van der Waals surface area contributed by atoms with Crippen LogP contribution in [0.2, 0.25) is 0 Å². The lowest BCUT2D eigenvalue weighted by atomic mass is 10.1. The van der Waals surface area contributed by atoms with Crippen molar-refractivity contribution in [2.24, 2.45) is 5.73 Å². The van der Waals surface area contributed by atoms with Crippen LogP contribution in [-0.2, 0) is 6.54 Å². The second kappa shape index (κ2) is 10.9.